The van der Waals surface area contributed by atoms with Crippen LogP contribution in [0.25, 0.3) is 10.9 Å². The van der Waals surface area contributed by atoms with Crippen LogP contribution in [0, 0.1) is 0 Å². The first-order valence-electron chi connectivity index (χ1n) is 6.24. The molecule has 2 aromatic heterocycles. The van der Waals surface area contributed by atoms with E-state index in [0.29, 0.717) is 22.8 Å². The fourth-order valence-electron chi connectivity index (χ4n) is 2.61. The first-order chi connectivity index (χ1) is 9.58. The third-order valence-corrected chi connectivity index (χ3v) is 4.39. The van der Waals surface area contributed by atoms with Gasteiger partial charge >= 0.3 is 6.09 Å². The lowest BCUT2D eigenvalue weighted by Crippen LogP contribution is -2.40. The van der Waals surface area contributed by atoms with E-state index in [1.807, 2.05) is 10.7 Å². The molecule has 1 N–H and O–H groups in total. The molecule has 6 nitrogen and oxygen atoms in total. The first-order valence-corrected chi connectivity index (χ1v) is 7.41. The van der Waals surface area contributed by atoms with Gasteiger partial charge in [0.2, 0.25) is 0 Å². The van der Waals surface area contributed by atoms with Crippen molar-refractivity contribution in [3.05, 3.63) is 22.0 Å². The first kappa shape index (κ1) is 13.6. The Hall–Kier alpha value is -1.34. The van der Waals surface area contributed by atoms with Gasteiger partial charge in [0.05, 0.1) is 16.9 Å². The molecule has 0 aliphatic carbocycles. The maximum atomic E-state index is 11.1. The third kappa shape index (κ3) is 2.25. The minimum atomic E-state index is -0.884. The molecule has 3 rings (SSSR count). The summed E-state index contributed by atoms with van der Waals surface area (Å²) < 4.78 is 2.49. The lowest BCUT2D eigenvalue weighted by Gasteiger charge is -2.31. The molecule has 3 heterocycles. The van der Waals surface area contributed by atoms with Gasteiger partial charge in [0.15, 0.2) is 0 Å². The predicted molar refractivity (Wildman–Crippen MR) is 78.1 cm³/mol. The Morgan fingerprint density at radius 1 is 1.55 bits per heavy atom. The summed E-state index contributed by atoms with van der Waals surface area (Å²) in [6, 6.07) is 1.87. The molecule has 8 heteroatoms. The molecule has 0 spiro atoms. The Balaban J connectivity index is 2.02. The van der Waals surface area contributed by atoms with Gasteiger partial charge < -0.3 is 10.0 Å². The molecule has 1 fully saturated rings. The van der Waals surface area contributed by atoms with Crippen LogP contribution in [0.3, 0.4) is 0 Å². The zero-order valence-corrected chi connectivity index (χ0v) is 12.8. The number of hydrogen-bond donors (Lipinski definition) is 1. The highest BCUT2D eigenvalue weighted by atomic mass is 79.9. The lowest BCUT2D eigenvalue weighted by molar-refractivity contribution is 0.120. The highest BCUT2D eigenvalue weighted by Crippen LogP contribution is 2.32. The number of carbonyl (C=O) groups is 1. The van der Waals surface area contributed by atoms with Gasteiger partial charge in [-0.2, -0.15) is 5.10 Å². The van der Waals surface area contributed by atoms with Crippen molar-refractivity contribution in [1.29, 1.82) is 0 Å². The van der Waals surface area contributed by atoms with Crippen LogP contribution in [0.5, 0.6) is 0 Å². The summed E-state index contributed by atoms with van der Waals surface area (Å²) in [5.74, 6) is 0. The van der Waals surface area contributed by atoms with Crippen molar-refractivity contribution in [2.45, 2.75) is 18.9 Å². The summed E-state index contributed by atoms with van der Waals surface area (Å²) in [7, 11) is 0. The van der Waals surface area contributed by atoms with E-state index < -0.39 is 6.09 Å². The molecule has 1 atom stereocenters. The SMILES string of the molecule is O=C(O)N1CCCC(n2nc(Br)c3c(Cl)nccc32)C1. The van der Waals surface area contributed by atoms with E-state index in [0.717, 1.165) is 23.7 Å². The van der Waals surface area contributed by atoms with Crippen LogP contribution in [0.2, 0.25) is 5.15 Å². The second-order valence-corrected chi connectivity index (χ2v) is 5.87. The maximum absolute atomic E-state index is 11.1. The number of hydrogen-bond acceptors (Lipinski definition) is 3. The van der Waals surface area contributed by atoms with Gasteiger partial charge in [0.25, 0.3) is 0 Å². The number of likely N-dealkylation sites (tertiary alicyclic amines) is 1. The van der Waals surface area contributed by atoms with E-state index >= 15 is 0 Å². The van der Waals surface area contributed by atoms with Gasteiger partial charge in [-0.05, 0) is 34.8 Å². The normalized spacial score (nSPS) is 19.5. The van der Waals surface area contributed by atoms with E-state index in [4.69, 9.17) is 16.7 Å². The van der Waals surface area contributed by atoms with Crippen LogP contribution in [0.1, 0.15) is 18.9 Å². The topological polar surface area (TPSA) is 71.2 Å². The second-order valence-electron chi connectivity index (χ2n) is 4.76. The second kappa shape index (κ2) is 5.21. The zero-order valence-electron chi connectivity index (χ0n) is 10.5. The Kier molecular flexibility index (Phi) is 3.55. The Labute approximate surface area is 128 Å². The van der Waals surface area contributed by atoms with E-state index in [1.54, 1.807) is 6.20 Å². The van der Waals surface area contributed by atoms with Gasteiger partial charge in [-0.1, -0.05) is 11.6 Å². The van der Waals surface area contributed by atoms with Gasteiger partial charge in [0, 0.05) is 19.3 Å². The van der Waals surface area contributed by atoms with Crippen LogP contribution in [0.15, 0.2) is 16.9 Å². The Morgan fingerprint density at radius 2 is 2.35 bits per heavy atom. The molecular weight excluding hydrogens is 348 g/mol. The zero-order chi connectivity index (χ0) is 14.3. The Bertz CT molecular complexity index is 675. The summed E-state index contributed by atoms with van der Waals surface area (Å²) in [5.41, 5.74) is 0.870. The fourth-order valence-corrected chi connectivity index (χ4v) is 3.53. The Morgan fingerprint density at radius 3 is 3.10 bits per heavy atom. The van der Waals surface area contributed by atoms with E-state index in [2.05, 4.69) is 26.0 Å². The molecule has 1 aliphatic heterocycles. The molecule has 0 radical (unpaired) electrons. The minimum Gasteiger partial charge on any atom is -0.465 e. The standard InChI is InChI=1S/C12H12BrClN4O2/c13-10-9-8(3-4-15-11(9)14)18(16-10)7-2-1-5-17(6-7)12(19)20/h3-4,7H,1-2,5-6H2,(H,19,20). The number of pyridine rings is 1. The number of fused-ring (bicyclic) bond motifs is 1. The van der Waals surface area contributed by atoms with Crippen LogP contribution in [-0.2, 0) is 0 Å². The molecule has 0 saturated carbocycles. The molecule has 0 bridgehead atoms. The summed E-state index contributed by atoms with van der Waals surface area (Å²) in [4.78, 5) is 16.6. The summed E-state index contributed by atoms with van der Waals surface area (Å²) in [6.45, 7) is 1.02. The molecule has 1 unspecified atom stereocenters. The van der Waals surface area contributed by atoms with Crippen molar-refractivity contribution < 1.29 is 9.90 Å². The number of aromatic nitrogens is 3. The minimum absolute atomic E-state index is 0.0205. The monoisotopic (exact) mass is 358 g/mol. The highest BCUT2D eigenvalue weighted by molar-refractivity contribution is 9.10. The quantitative estimate of drug-likeness (QED) is 0.794. The average Bonchev–Trinajstić information content (AvgIpc) is 2.78. The molecule has 1 aliphatic rings. The van der Waals surface area contributed by atoms with Crippen LogP contribution in [-0.4, -0.2) is 44.0 Å². The maximum Gasteiger partial charge on any atom is 0.407 e. The van der Waals surface area contributed by atoms with Crippen molar-refractivity contribution in [2.75, 3.05) is 13.1 Å². The van der Waals surface area contributed by atoms with Crippen LogP contribution < -0.4 is 0 Å². The molecule has 20 heavy (non-hydrogen) atoms. The third-order valence-electron chi connectivity index (χ3n) is 3.54. The van der Waals surface area contributed by atoms with E-state index in [9.17, 15) is 4.79 Å². The number of amides is 1. The highest BCUT2D eigenvalue weighted by Gasteiger charge is 2.27. The van der Waals surface area contributed by atoms with E-state index in [-0.39, 0.29) is 6.04 Å². The number of carboxylic acid groups (broad SMARTS) is 1. The van der Waals surface area contributed by atoms with Crippen molar-refractivity contribution in [2.24, 2.45) is 0 Å². The van der Waals surface area contributed by atoms with E-state index in [1.165, 1.54) is 4.90 Å². The summed E-state index contributed by atoms with van der Waals surface area (Å²) in [5, 5.41) is 14.7. The fraction of sp³-hybridized carbons (Fsp3) is 0.417. The molecule has 1 saturated heterocycles. The van der Waals surface area contributed by atoms with Crippen molar-refractivity contribution in [1.82, 2.24) is 19.7 Å². The average molecular weight is 360 g/mol. The molecule has 2 aromatic rings. The van der Waals surface area contributed by atoms with Gasteiger partial charge in [-0.3, -0.25) is 4.68 Å². The van der Waals surface area contributed by atoms with Gasteiger partial charge in [-0.25, -0.2) is 9.78 Å². The van der Waals surface area contributed by atoms with Crippen LogP contribution >= 0.6 is 27.5 Å². The largest absolute Gasteiger partial charge is 0.465 e. The molecule has 0 aromatic carbocycles. The van der Waals surface area contributed by atoms with Crippen molar-refractivity contribution in [3.63, 3.8) is 0 Å². The number of halogens is 2. The predicted octanol–water partition coefficient (Wildman–Crippen LogP) is 3.16. The van der Waals surface area contributed by atoms with Crippen molar-refractivity contribution in [3.8, 4) is 0 Å². The van der Waals surface area contributed by atoms with Gasteiger partial charge in [-0.15, -0.1) is 0 Å². The van der Waals surface area contributed by atoms with Gasteiger partial charge in [0.1, 0.15) is 9.76 Å². The number of nitrogens with zero attached hydrogens (tertiary/aromatic N) is 4. The van der Waals surface area contributed by atoms with Crippen molar-refractivity contribution >= 4 is 44.5 Å². The summed E-state index contributed by atoms with van der Waals surface area (Å²) >= 11 is 9.49. The molecular formula is C12H12BrClN4O2. The lowest BCUT2D eigenvalue weighted by atomic mass is 10.1. The molecule has 1 amide bonds. The summed E-state index contributed by atoms with van der Waals surface area (Å²) in [6.07, 6.45) is 2.47. The number of piperidine rings is 1. The smallest absolute Gasteiger partial charge is 0.407 e. The number of rotatable bonds is 1. The van der Waals surface area contributed by atoms with Crippen LogP contribution in [0.4, 0.5) is 4.79 Å². The molecule has 106 valence electrons.